The van der Waals surface area contributed by atoms with Crippen molar-refractivity contribution in [3.05, 3.63) is 60.7 Å². The van der Waals surface area contributed by atoms with E-state index in [2.05, 4.69) is 54.7 Å². The van der Waals surface area contributed by atoms with Crippen molar-refractivity contribution in [3.8, 4) is 0 Å². The van der Waals surface area contributed by atoms with Crippen molar-refractivity contribution in [3.63, 3.8) is 0 Å². The van der Waals surface area contributed by atoms with Crippen LogP contribution in [0.4, 0.5) is 0 Å². The van der Waals surface area contributed by atoms with Crippen LogP contribution in [-0.4, -0.2) is 11.6 Å². The maximum atomic E-state index is 11.8. The minimum absolute atomic E-state index is 0.102. The van der Waals surface area contributed by atoms with Crippen LogP contribution in [0.5, 0.6) is 0 Å². The summed E-state index contributed by atoms with van der Waals surface area (Å²) in [6.07, 6.45) is 4.44. The summed E-state index contributed by atoms with van der Waals surface area (Å²) in [5.41, 5.74) is 1.87. The van der Waals surface area contributed by atoms with Crippen molar-refractivity contribution >= 4 is 11.6 Å². The first-order chi connectivity index (χ1) is 13.8. The van der Waals surface area contributed by atoms with Gasteiger partial charge in [-0.2, -0.15) is 0 Å². The first kappa shape index (κ1) is 22.7. The fourth-order valence-electron chi connectivity index (χ4n) is 6.44. The molecule has 4 atom stereocenters. The highest BCUT2D eigenvalue weighted by atomic mass is 16.1. The molecule has 4 saturated carbocycles. The van der Waals surface area contributed by atoms with Gasteiger partial charge in [-0.25, -0.2) is 0 Å². The molecule has 0 amide bonds. The third kappa shape index (κ3) is 2.98. The lowest BCUT2D eigenvalue weighted by molar-refractivity contribution is -0.126. The lowest BCUT2D eigenvalue weighted by atomic mass is 9.70. The fourth-order valence-corrected chi connectivity index (χ4v) is 6.44. The van der Waals surface area contributed by atoms with E-state index in [4.69, 9.17) is 0 Å². The predicted octanol–water partition coefficient (Wildman–Crippen LogP) is 6.82. The zero-order chi connectivity index (χ0) is 22.5. The van der Waals surface area contributed by atoms with Gasteiger partial charge in [0.2, 0.25) is 0 Å². The molecule has 4 aliphatic rings. The zero-order valence-corrected chi connectivity index (χ0v) is 19.7. The number of allylic oxidation sites excluding steroid dienone is 2. The van der Waals surface area contributed by atoms with E-state index in [0.29, 0.717) is 23.4 Å². The molecule has 0 heterocycles. The van der Waals surface area contributed by atoms with E-state index < -0.39 is 0 Å². The quantitative estimate of drug-likeness (QED) is 0.443. The van der Waals surface area contributed by atoms with Crippen LogP contribution in [0, 0.1) is 33.5 Å². The molecule has 30 heavy (non-hydrogen) atoms. The Hall–Kier alpha value is -1.96. The molecule has 0 aliphatic heterocycles. The summed E-state index contributed by atoms with van der Waals surface area (Å²) in [7, 11) is 0. The van der Waals surface area contributed by atoms with E-state index in [-0.39, 0.29) is 21.7 Å². The van der Waals surface area contributed by atoms with Gasteiger partial charge >= 0.3 is 0 Å². The smallest absolute Gasteiger partial charge is 0.164 e. The monoisotopic (exact) mass is 406 g/mol. The maximum absolute atomic E-state index is 11.8. The molecule has 4 unspecified atom stereocenters. The highest BCUT2D eigenvalue weighted by Crippen LogP contribution is 2.66. The van der Waals surface area contributed by atoms with Gasteiger partial charge in [0, 0.05) is 10.8 Å². The van der Waals surface area contributed by atoms with Crippen molar-refractivity contribution < 1.29 is 9.59 Å². The molecule has 162 valence electrons. The molecule has 4 bridgehead atoms. The molecule has 2 nitrogen and oxygen atoms in total. The summed E-state index contributed by atoms with van der Waals surface area (Å²) in [4.78, 5) is 23.6. The van der Waals surface area contributed by atoms with Crippen molar-refractivity contribution in [1.29, 1.82) is 0 Å². The second-order valence-corrected chi connectivity index (χ2v) is 11.2. The number of benzene rings is 1. The largest absolute Gasteiger partial charge is 0.294 e. The Bertz CT molecular complexity index is 790. The summed E-state index contributed by atoms with van der Waals surface area (Å²) in [5.74, 6) is 1.55. The second-order valence-electron chi connectivity index (χ2n) is 11.2. The van der Waals surface area contributed by atoms with E-state index in [0.717, 1.165) is 36.8 Å². The SMILES string of the molecule is C=C1C(=O)C2(C)CCC1C2(C)C.C=C1C(=O)C2(C)CCC1C2(C)C.c1ccccc1. The molecule has 0 aromatic heterocycles. The molecule has 1 aromatic carbocycles. The Morgan fingerprint density at radius 3 is 1.03 bits per heavy atom. The molecule has 0 saturated heterocycles. The minimum Gasteiger partial charge on any atom is -0.294 e. The third-order valence-corrected chi connectivity index (χ3v) is 9.55. The van der Waals surface area contributed by atoms with Gasteiger partial charge in [-0.05, 0) is 59.5 Å². The molecule has 0 spiro atoms. The number of fused-ring (bicyclic) bond motifs is 4. The third-order valence-electron chi connectivity index (χ3n) is 9.55. The topological polar surface area (TPSA) is 34.1 Å². The lowest BCUT2D eigenvalue weighted by Gasteiger charge is -2.31. The van der Waals surface area contributed by atoms with Crippen LogP contribution < -0.4 is 0 Å². The number of rotatable bonds is 0. The van der Waals surface area contributed by atoms with Gasteiger partial charge in [-0.3, -0.25) is 9.59 Å². The molecule has 0 N–H and O–H groups in total. The van der Waals surface area contributed by atoms with Crippen LogP contribution in [0.3, 0.4) is 0 Å². The van der Waals surface area contributed by atoms with Gasteiger partial charge in [0.15, 0.2) is 11.6 Å². The van der Waals surface area contributed by atoms with Gasteiger partial charge in [-0.1, -0.05) is 91.1 Å². The average molecular weight is 407 g/mol. The highest BCUT2D eigenvalue weighted by Gasteiger charge is 2.64. The van der Waals surface area contributed by atoms with Gasteiger partial charge in [0.25, 0.3) is 0 Å². The van der Waals surface area contributed by atoms with Crippen molar-refractivity contribution in [2.45, 2.75) is 67.2 Å². The van der Waals surface area contributed by atoms with E-state index in [1.165, 1.54) is 0 Å². The van der Waals surface area contributed by atoms with Crippen LogP contribution in [0.1, 0.15) is 67.2 Å². The number of carbonyl (C=O) groups excluding carboxylic acids is 2. The Labute approximate surface area is 182 Å². The van der Waals surface area contributed by atoms with Crippen molar-refractivity contribution in [1.82, 2.24) is 0 Å². The molecule has 5 rings (SSSR count). The summed E-state index contributed by atoms with van der Waals surface area (Å²) in [6.45, 7) is 20.9. The Balaban J connectivity index is 0.000000136. The number of hydrogen-bond acceptors (Lipinski definition) is 2. The Morgan fingerprint density at radius 1 is 0.633 bits per heavy atom. The minimum atomic E-state index is -0.102. The van der Waals surface area contributed by atoms with Crippen molar-refractivity contribution in [2.24, 2.45) is 33.5 Å². The molecule has 4 fully saturated rings. The first-order valence-corrected chi connectivity index (χ1v) is 11.3. The molecular weight excluding hydrogens is 368 g/mol. The van der Waals surface area contributed by atoms with Gasteiger partial charge in [0.05, 0.1) is 0 Å². The van der Waals surface area contributed by atoms with E-state index in [1.54, 1.807) is 0 Å². The lowest BCUT2D eigenvalue weighted by Crippen LogP contribution is -2.32. The zero-order valence-electron chi connectivity index (χ0n) is 19.7. The maximum Gasteiger partial charge on any atom is 0.164 e. The van der Waals surface area contributed by atoms with Crippen LogP contribution in [-0.2, 0) is 9.59 Å². The summed E-state index contributed by atoms with van der Waals surface area (Å²) in [5, 5.41) is 0. The average Bonchev–Trinajstić information content (AvgIpc) is 3.19. The van der Waals surface area contributed by atoms with E-state index in [9.17, 15) is 9.59 Å². The number of hydrogen-bond donors (Lipinski definition) is 0. The number of Topliss-reactive ketones (excluding diaryl/α,β-unsaturated/α-hetero) is 2. The molecule has 0 radical (unpaired) electrons. The van der Waals surface area contributed by atoms with Crippen LogP contribution in [0.2, 0.25) is 0 Å². The number of carbonyl (C=O) groups is 2. The van der Waals surface area contributed by atoms with Crippen LogP contribution in [0.15, 0.2) is 60.7 Å². The van der Waals surface area contributed by atoms with Crippen molar-refractivity contribution in [2.75, 3.05) is 0 Å². The second kappa shape index (κ2) is 7.32. The Morgan fingerprint density at radius 2 is 0.900 bits per heavy atom. The normalized spacial score (nSPS) is 36.9. The first-order valence-electron chi connectivity index (χ1n) is 11.3. The molecule has 4 aliphatic carbocycles. The molecular formula is C28H38O2. The van der Waals surface area contributed by atoms with E-state index >= 15 is 0 Å². The van der Waals surface area contributed by atoms with Crippen LogP contribution in [0.25, 0.3) is 0 Å². The molecule has 2 heteroatoms. The molecule has 1 aromatic rings. The standard InChI is InChI=1S/2C11H16O.C6H6/c2*1-7-8-5-6-11(4,9(7)12)10(8,2)3;1-2-4-6-5-3-1/h2*8H,1,5-6H2,2-4H3;1-6H. The van der Waals surface area contributed by atoms with Crippen LogP contribution >= 0.6 is 0 Å². The highest BCUT2D eigenvalue weighted by molar-refractivity contribution is 6.04. The van der Waals surface area contributed by atoms with Gasteiger partial charge in [-0.15, -0.1) is 0 Å². The number of ketones is 2. The van der Waals surface area contributed by atoms with Gasteiger partial charge in [0.1, 0.15) is 0 Å². The fraction of sp³-hybridized carbons (Fsp3) is 0.571. The van der Waals surface area contributed by atoms with E-state index in [1.807, 2.05) is 36.4 Å². The summed E-state index contributed by atoms with van der Waals surface area (Å²) in [6, 6.07) is 12.0. The summed E-state index contributed by atoms with van der Waals surface area (Å²) < 4.78 is 0. The summed E-state index contributed by atoms with van der Waals surface area (Å²) >= 11 is 0. The van der Waals surface area contributed by atoms with Gasteiger partial charge < -0.3 is 0 Å². The predicted molar refractivity (Wildman–Crippen MR) is 124 cm³/mol. The Kier molecular flexibility index (Phi) is 5.55.